The molecule has 1 saturated heterocycles. The Morgan fingerprint density at radius 3 is 2.59 bits per heavy atom. The first kappa shape index (κ1) is 16.8. The van der Waals surface area contributed by atoms with E-state index in [4.69, 9.17) is 9.47 Å². The van der Waals surface area contributed by atoms with Crippen molar-refractivity contribution in [2.24, 2.45) is 0 Å². The van der Waals surface area contributed by atoms with Gasteiger partial charge in [-0.25, -0.2) is 0 Å². The van der Waals surface area contributed by atoms with Gasteiger partial charge in [0, 0.05) is 31.5 Å². The summed E-state index contributed by atoms with van der Waals surface area (Å²) in [7, 11) is 0. The third-order valence-corrected chi connectivity index (χ3v) is 3.60. The quantitative estimate of drug-likeness (QED) is 0.721. The maximum Gasteiger partial charge on any atom is 0.251 e. The van der Waals surface area contributed by atoms with Gasteiger partial charge in [0.2, 0.25) is 0 Å². The van der Waals surface area contributed by atoms with Crippen LogP contribution in [0.25, 0.3) is 0 Å². The summed E-state index contributed by atoms with van der Waals surface area (Å²) in [6.07, 6.45) is 3.17. The van der Waals surface area contributed by atoms with Gasteiger partial charge in [-0.15, -0.1) is 0 Å². The summed E-state index contributed by atoms with van der Waals surface area (Å²) >= 11 is 0. The minimum atomic E-state index is -0.0454. The number of amides is 1. The Morgan fingerprint density at radius 1 is 1.18 bits per heavy atom. The zero-order valence-electron chi connectivity index (χ0n) is 13.3. The number of nitrogens with one attached hydrogen (secondary N) is 2. The first-order valence-corrected chi connectivity index (χ1v) is 8.13. The molecule has 1 aromatic carbocycles. The van der Waals surface area contributed by atoms with Crippen LogP contribution in [-0.4, -0.2) is 44.9 Å². The molecule has 5 nitrogen and oxygen atoms in total. The molecular formula is C17H26N2O3. The highest BCUT2D eigenvalue weighted by atomic mass is 16.5. The lowest BCUT2D eigenvalue weighted by Gasteiger charge is -2.23. The van der Waals surface area contributed by atoms with Gasteiger partial charge in [0.05, 0.1) is 13.2 Å². The molecule has 1 amide bonds. The van der Waals surface area contributed by atoms with E-state index in [9.17, 15) is 4.79 Å². The second-order valence-electron chi connectivity index (χ2n) is 5.46. The van der Waals surface area contributed by atoms with E-state index >= 15 is 0 Å². The van der Waals surface area contributed by atoms with E-state index < -0.39 is 0 Å². The van der Waals surface area contributed by atoms with Gasteiger partial charge in [0.25, 0.3) is 5.91 Å². The zero-order chi connectivity index (χ0) is 15.6. The van der Waals surface area contributed by atoms with Crippen LogP contribution in [0.2, 0.25) is 0 Å². The lowest BCUT2D eigenvalue weighted by atomic mass is 10.1. The Bertz CT molecular complexity index is 442. The molecule has 0 aliphatic carbocycles. The van der Waals surface area contributed by atoms with Crippen molar-refractivity contribution in [3.63, 3.8) is 0 Å². The van der Waals surface area contributed by atoms with E-state index in [-0.39, 0.29) is 12.0 Å². The fourth-order valence-corrected chi connectivity index (χ4v) is 2.34. The predicted octanol–water partition coefficient (Wildman–Crippen LogP) is 1.97. The van der Waals surface area contributed by atoms with Crippen LogP contribution in [-0.2, 0) is 4.74 Å². The lowest BCUT2D eigenvalue weighted by Crippen LogP contribution is -2.32. The summed E-state index contributed by atoms with van der Waals surface area (Å²) in [5.74, 6) is 0.768. The van der Waals surface area contributed by atoms with Crippen LogP contribution in [0.5, 0.6) is 5.75 Å². The summed E-state index contributed by atoms with van der Waals surface area (Å²) in [6, 6.07) is 7.34. The number of benzene rings is 1. The number of ether oxygens (including phenoxy) is 2. The molecular weight excluding hydrogens is 280 g/mol. The van der Waals surface area contributed by atoms with E-state index in [0.29, 0.717) is 12.1 Å². The minimum Gasteiger partial charge on any atom is -0.490 e. The van der Waals surface area contributed by atoms with Crippen LogP contribution in [0.3, 0.4) is 0 Å². The second kappa shape index (κ2) is 9.43. The van der Waals surface area contributed by atoms with Crippen LogP contribution < -0.4 is 15.4 Å². The van der Waals surface area contributed by atoms with Crippen LogP contribution >= 0.6 is 0 Å². The number of hydrogen-bond acceptors (Lipinski definition) is 4. The zero-order valence-corrected chi connectivity index (χ0v) is 13.3. The van der Waals surface area contributed by atoms with Crippen molar-refractivity contribution in [3.05, 3.63) is 29.8 Å². The third-order valence-electron chi connectivity index (χ3n) is 3.60. The van der Waals surface area contributed by atoms with E-state index in [2.05, 4.69) is 17.6 Å². The molecule has 1 aliphatic heterocycles. The molecule has 122 valence electrons. The topological polar surface area (TPSA) is 59.6 Å². The third kappa shape index (κ3) is 5.66. The largest absolute Gasteiger partial charge is 0.490 e. The van der Waals surface area contributed by atoms with Crippen molar-refractivity contribution in [2.45, 2.75) is 32.3 Å². The second-order valence-corrected chi connectivity index (χ2v) is 5.46. The SMILES string of the molecule is CCCNCCNC(=O)c1ccc(OC2CCOCC2)cc1. The van der Waals surface area contributed by atoms with Crippen molar-refractivity contribution >= 4 is 5.91 Å². The Kier molecular flexibility index (Phi) is 7.19. The first-order valence-electron chi connectivity index (χ1n) is 8.13. The Balaban J connectivity index is 1.74. The fraction of sp³-hybridized carbons (Fsp3) is 0.588. The molecule has 0 aromatic heterocycles. The molecule has 1 fully saturated rings. The number of rotatable bonds is 8. The fourth-order valence-electron chi connectivity index (χ4n) is 2.34. The number of carbonyl (C=O) groups is 1. The molecule has 2 N–H and O–H groups in total. The monoisotopic (exact) mass is 306 g/mol. The predicted molar refractivity (Wildman–Crippen MR) is 86.4 cm³/mol. The van der Waals surface area contributed by atoms with Gasteiger partial charge in [0.1, 0.15) is 11.9 Å². The molecule has 5 heteroatoms. The maximum absolute atomic E-state index is 12.0. The van der Waals surface area contributed by atoms with E-state index in [1.54, 1.807) is 0 Å². The van der Waals surface area contributed by atoms with Crippen molar-refractivity contribution in [2.75, 3.05) is 32.8 Å². The van der Waals surface area contributed by atoms with Crippen molar-refractivity contribution in [1.29, 1.82) is 0 Å². The highest BCUT2D eigenvalue weighted by Crippen LogP contribution is 2.18. The maximum atomic E-state index is 12.0. The molecule has 0 radical (unpaired) electrons. The van der Waals surface area contributed by atoms with E-state index in [1.807, 2.05) is 24.3 Å². The summed E-state index contributed by atoms with van der Waals surface area (Å²) in [5.41, 5.74) is 0.662. The summed E-state index contributed by atoms with van der Waals surface area (Å²) < 4.78 is 11.2. The van der Waals surface area contributed by atoms with Gasteiger partial charge in [-0.3, -0.25) is 4.79 Å². The number of carbonyl (C=O) groups excluding carboxylic acids is 1. The average Bonchev–Trinajstić information content (AvgIpc) is 2.56. The Morgan fingerprint density at radius 2 is 1.91 bits per heavy atom. The van der Waals surface area contributed by atoms with Gasteiger partial charge >= 0.3 is 0 Å². The van der Waals surface area contributed by atoms with E-state index in [0.717, 1.165) is 51.3 Å². The van der Waals surface area contributed by atoms with Crippen LogP contribution in [0, 0.1) is 0 Å². The first-order chi connectivity index (χ1) is 10.8. The van der Waals surface area contributed by atoms with Gasteiger partial charge in [0.15, 0.2) is 0 Å². The standard InChI is InChI=1S/C17H26N2O3/c1-2-9-18-10-11-19-17(20)14-3-5-15(6-4-14)22-16-7-12-21-13-8-16/h3-6,16,18H,2,7-13H2,1H3,(H,19,20). The van der Waals surface area contributed by atoms with Crippen molar-refractivity contribution in [1.82, 2.24) is 10.6 Å². The Labute approximate surface area is 132 Å². The van der Waals surface area contributed by atoms with Crippen molar-refractivity contribution in [3.8, 4) is 5.75 Å². The van der Waals surface area contributed by atoms with Crippen molar-refractivity contribution < 1.29 is 14.3 Å². The highest BCUT2D eigenvalue weighted by Gasteiger charge is 2.15. The molecule has 0 unspecified atom stereocenters. The van der Waals surface area contributed by atoms with Crippen LogP contribution in [0.15, 0.2) is 24.3 Å². The summed E-state index contributed by atoms with van der Waals surface area (Å²) in [4.78, 5) is 12.0. The van der Waals surface area contributed by atoms with Gasteiger partial charge in [-0.05, 0) is 37.2 Å². The molecule has 2 rings (SSSR count). The van der Waals surface area contributed by atoms with Crippen LogP contribution in [0.4, 0.5) is 0 Å². The highest BCUT2D eigenvalue weighted by molar-refractivity contribution is 5.94. The van der Waals surface area contributed by atoms with E-state index in [1.165, 1.54) is 0 Å². The number of hydrogen-bond donors (Lipinski definition) is 2. The molecule has 1 aromatic rings. The lowest BCUT2D eigenvalue weighted by molar-refractivity contribution is 0.0256. The molecule has 1 heterocycles. The van der Waals surface area contributed by atoms with Crippen LogP contribution in [0.1, 0.15) is 36.5 Å². The molecule has 22 heavy (non-hydrogen) atoms. The Hall–Kier alpha value is -1.59. The van der Waals surface area contributed by atoms with Gasteiger partial charge in [-0.2, -0.15) is 0 Å². The molecule has 0 bridgehead atoms. The molecule has 0 atom stereocenters. The molecule has 0 spiro atoms. The van der Waals surface area contributed by atoms with Gasteiger partial charge < -0.3 is 20.1 Å². The summed E-state index contributed by atoms with van der Waals surface area (Å²) in [5, 5.41) is 6.15. The summed E-state index contributed by atoms with van der Waals surface area (Å²) in [6.45, 7) is 6.06. The minimum absolute atomic E-state index is 0.0454. The average molecular weight is 306 g/mol. The molecule has 1 aliphatic rings. The smallest absolute Gasteiger partial charge is 0.251 e. The van der Waals surface area contributed by atoms with Gasteiger partial charge in [-0.1, -0.05) is 6.92 Å². The normalized spacial score (nSPS) is 15.5. The molecule has 0 saturated carbocycles.